The predicted molar refractivity (Wildman–Crippen MR) is 76.5 cm³/mol. The fourth-order valence-corrected chi connectivity index (χ4v) is 2.21. The van der Waals surface area contributed by atoms with Crippen LogP contribution in [0.25, 0.3) is 11.3 Å². The van der Waals surface area contributed by atoms with Crippen molar-refractivity contribution in [2.75, 3.05) is 12.8 Å². The number of nitrogens with two attached hydrogens (primary N) is 1. The van der Waals surface area contributed by atoms with Crippen molar-refractivity contribution in [2.45, 2.75) is 6.61 Å². The summed E-state index contributed by atoms with van der Waals surface area (Å²) in [6.45, 7) is -0.567. The maximum absolute atomic E-state index is 14.3. The number of aliphatic hydroxyl groups is 1. The SMILES string of the molecule is COc1c(Cl)ccc(-c2nc(CO)c(Cl)c(N)c2F)c1F. The normalized spacial score (nSPS) is 10.8. The molecule has 0 amide bonds. The number of aromatic nitrogens is 1. The highest BCUT2D eigenvalue weighted by Crippen LogP contribution is 2.38. The van der Waals surface area contributed by atoms with Gasteiger partial charge in [-0.05, 0) is 12.1 Å². The Balaban J connectivity index is 2.76. The van der Waals surface area contributed by atoms with Crippen LogP contribution in [-0.4, -0.2) is 17.2 Å². The van der Waals surface area contributed by atoms with Crippen molar-refractivity contribution in [1.29, 1.82) is 0 Å². The molecule has 1 aromatic carbocycles. The number of pyridine rings is 1. The van der Waals surface area contributed by atoms with Crippen LogP contribution in [0.4, 0.5) is 14.5 Å². The van der Waals surface area contributed by atoms with Gasteiger partial charge in [-0.15, -0.1) is 0 Å². The van der Waals surface area contributed by atoms with E-state index in [9.17, 15) is 8.78 Å². The minimum Gasteiger partial charge on any atom is -0.492 e. The van der Waals surface area contributed by atoms with Crippen LogP contribution in [0.15, 0.2) is 12.1 Å². The molecule has 21 heavy (non-hydrogen) atoms. The Hall–Kier alpha value is -1.63. The molecule has 4 nitrogen and oxygen atoms in total. The molecule has 0 spiro atoms. The van der Waals surface area contributed by atoms with E-state index in [-0.39, 0.29) is 32.7 Å². The number of ether oxygens (including phenoxy) is 1. The number of nitrogens with zero attached hydrogens (tertiary/aromatic N) is 1. The smallest absolute Gasteiger partial charge is 0.176 e. The Morgan fingerprint density at radius 3 is 2.52 bits per heavy atom. The van der Waals surface area contributed by atoms with Crippen LogP contribution < -0.4 is 10.5 Å². The molecule has 112 valence electrons. The standard InChI is InChI=1S/C13H10Cl2F2N2O2/c1-21-13-6(14)3-2-5(9(13)16)12-10(17)11(18)8(15)7(4-20)19-12/h2-3,20H,4H2,1H3,(H2,18,19). The number of rotatable bonds is 3. The zero-order valence-corrected chi connectivity index (χ0v) is 12.3. The molecule has 0 unspecified atom stereocenters. The van der Waals surface area contributed by atoms with E-state index in [1.54, 1.807) is 0 Å². The van der Waals surface area contributed by atoms with Crippen LogP contribution in [0.3, 0.4) is 0 Å². The van der Waals surface area contributed by atoms with Crippen molar-refractivity contribution in [3.05, 3.63) is 39.5 Å². The number of nitrogen functional groups attached to an aromatic ring is 1. The van der Waals surface area contributed by atoms with E-state index in [2.05, 4.69) is 4.98 Å². The van der Waals surface area contributed by atoms with Gasteiger partial charge in [0.25, 0.3) is 0 Å². The molecular formula is C13H10Cl2F2N2O2. The summed E-state index contributed by atoms with van der Waals surface area (Å²) in [7, 11) is 1.23. The number of hydrogen-bond donors (Lipinski definition) is 2. The van der Waals surface area contributed by atoms with E-state index >= 15 is 0 Å². The molecule has 0 bridgehead atoms. The van der Waals surface area contributed by atoms with Gasteiger partial charge in [-0.2, -0.15) is 0 Å². The summed E-state index contributed by atoms with van der Waals surface area (Å²) in [4.78, 5) is 3.81. The van der Waals surface area contributed by atoms with Gasteiger partial charge in [-0.25, -0.2) is 13.8 Å². The van der Waals surface area contributed by atoms with E-state index in [1.807, 2.05) is 0 Å². The molecule has 0 aliphatic carbocycles. The van der Waals surface area contributed by atoms with Crippen molar-refractivity contribution in [1.82, 2.24) is 4.98 Å². The monoisotopic (exact) mass is 334 g/mol. The Labute approximate surface area is 129 Å². The van der Waals surface area contributed by atoms with Gasteiger partial charge in [0.15, 0.2) is 17.4 Å². The van der Waals surface area contributed by atoms with Crippen LogP contribution in [0.5, 0.6) is 5.75 Å². The van der Waals surface area contributed by atoms with Gasteiger partial charge in [0, 0.05) is 5.56 Å². The van der Waals surface area contributed by atoms with Crippen molar-refractivity contribution in [2.24, 2.45) is 0 Å². The van der Waals surface area contributed by atoms with Gasteiger partial charge in [0.1, 0.15) is 5.69 Å². The van der Waals surface area contributed by atoms with Crippen LogP contribution in [0.2, 0.25) is 10.0 Å². The first-order valence-corrected chi connectivity index (χ1v) is 6.44. The summed E-state index contributed by atoms with van der Waals surface area (Å²) in [6, 6.07) is 2.57. The van der Waals surface area contributed by atoms with Gasteiger partial charge in [-0.3, -0.25) is 0 Å². The molecule has 2 rings (SSSR count). The highest BCUT2D eigenvalue weighted by molar-refractivity contribution is 6.33. The van der Waals surface area contributed by atoms with Gasteiger partial charge >= 0.3 is 0 Å². The highest BCUT2D eigenvalue weighted by atomic mass is 35.5. The maximum atomic E-state index is 14.3. The average molecular weight is 335 g/mol. The van der Waals surface area contributed by atoms with Crippen LogP contribution in [-0.2, 0) is 6.61 Å². The first kappa shape index (κ1) is 15.8. The van der Waals surface area contributed by atoms with E-state index < -0.39 is 23.9 Å². The van der Waals surface area contributed by atoms with Crippen molar-refractivity contribution >= 4 is 28.9 Å². The molecule has 0 aliphatic rings. The third kappa shape index (κ3) is 2.62. The number of hydrogen-bond acceptors (Lipinski definition) is 4. The minimum atomic E-state index is -0.986. The molecule has 0 saturated carbocycles. The Morgan fingerprint density at radius 2 is 1.95 bits per heavy atom. The highest BCUT2D eigenvalue weighted by Gasteiger charge is 2.22. The minimum absolute atomic E-state index is 0.0310. The van der Waals surface area contributed by atoms with E-state index in [4.69, 9.17) is 38.8 Å². The van der Waals surface area contributed by atoms with Crippen LogP contribution >= 0.6 is 23.2 Å². The second kappa shape index (κ2) is 6.01. The fraction of sp³-hybridized carbons (Fsp3) is 0.154. The van der Waals surface area contributed by atoms with E-state index in [0.717, 1.165) is 0 Å². The molecule has 0 atom stereocenters. The first-order valence-electron chi connectivity index (χ1n) is 5.68. The summed E-state index contributed by atoms with van der Waals surface area (Å²) in [5.74, 6) is -2.11. The lowest BCUT2D eigenvalue weighted by Crippen LogP contribution is -2.05. The first-order chi connectivity index (χ1) is 9.92. The fourth-order valence-electron chi connectivity index (χ4n) is 1.80. The van der Waals surface area contributed by atoms with Gasteiger partial charge in [0.05, 0.1) is 35.1 Å². The third-order valence-electron chi connectivity index (χ3n) is 2.84. The molecule has 0 fully saturated rings. The summed E-state index contributed by atoms with van der Waals surface area (Å²) < 4.78 is 33.3. The lowest BCUT2D eigenvalue weighted by Gasteiger charge is -2.13. The Bertz CT molecular complexity index is 711. The summed E-state index contributed by atoms with van der Waals surface area (Å²) >= 11 is 11.5. The number of methoxy groups -OCH3 is 1. The summed E-state index contributed by atoms with van der Waals surface area (Å²) in [5.41, 5.74) is 4.45. The molecule has 8 heteroatoms. The molecule has 3 N–H and O–H groups in total. The van der Waals surface area contributed by atoms with Gasteiger partial charge in [0.2, 0.25) is 0 Å². The van der Waals surface area contributed by atoms with Gasteiger partial charge in [-0.1, -0.05) is 23.2 Å². The molecular weight excluding hydrogens is 325 g/mol. The molecule has 1 heterocycles. The van der Waals surface area contributed by atoms with Crippen molar-refractivity contribution < 1.29 is 18.6 Å². The average Bonchev–Trinajstić information content (AvgIpc) is 2.47. The zero-order chi connectivity index (χ0) is 15.7. The van der Waals surface area contributed by atoms with E-state index in [1.165, 1.54) is 19.2 Å². The summed E-state index contributed by atoms with van der Waals surface area (Å²) in [6.07, 6.45) is 0. The second-order valence-corrected chi connectivity index (χ2v) is 4.83. The van der Waals surface area contributed by atoms with E-state index in [0.29, 0.717) is 0 Å². The Morgan fingerprint density at radius 1 is 1.29 bits per heavy atom. The number of halogens is 4. The topological polar surface area (TPSA) is 68.4 Å². The zero-order valence-electron chi connectivity index (χ0n) is 10.8. The van der Waals surface area contributed by atoms with Crippen LogP contribution in [0.1, 0.15) is 5.69 Å². The van der Waals surface area contributed by atoms with Crippen molar-refractivity contribution in [3.8, 4) is 17.0 Å². The lowest BCUT2D eigenvalue weighted by atomic mass is 10.1. The quantitative estimate of drug-likeness (QED) is 0.902. The molecule has 0 radical (unpaired) electrons. The second-order valence-electron chi connectivity index (χ2n) is 4.05. The Kier molecular flexibility index (Phi) is 4.51. The van der Waals surface area contributed by atoms with Crippen LogP contribution in [0, 0.1) is 11.6 Å². The third-order valence-corrected chi connectivity index (χ3v) is 3.56. The maximum Gasteiger partial charge on any atom is 0.176 e. The molecule has 2 aromatic rings. The lowest BCUT2D eigenvalue weighted by molar-refractivity contribution is 0.277. The number of aliphatic hydroxyl groups excluding tert-OH is 1. The molecule has 0 saturated heterocycles. The van der Waals surface area contributed by atoms with Crippen molar-refractivity contribution in [3.63, 3.8) is 0 Å². The number of benzene rings is 1. The summed E-state index contributed by atoms with van der Waals surface area (Å²) in [5, 5.41) is 8.98. The molecule has 0 aliphatic heterocycles. The largest absolute Gasteiger partial charge is 0.492 e. The predicted octanol–water partition coefficient (Wildman–Crippen LogP) is 3.42. The molecule has 1 aromatic heterocycles. The number of anilines is 1. The van der Waals surface area contributed by atoms with Gasteiger partial charge < -0.3 is 15.6 Å².